The zero-order valence-electron chi connectivity index (χ0n) is 9.43. The summed E-state index contributed by atoms with van der Waals surface area (Å²) in [4.78, 5) is 22.2. The molecule has 0 heterocycles. The van der Waals surface area contributed by atoms with Crippen LogP contribution in [0.25, 0.3) is 0 Å². The Kier molecular flexibility index (Phi) is 4.33. The maximum atomic E-state index is 11.6. The molecule has 0 radical (unpaired) electrons. The van der Waals surface area contributed by atoms with Gasteiger partial charge in [0.1, 0.15) is 11.3 Å². The maximum Gasteiger partial charge on any atom is 0.341 e. The number of anilines is 1. The summed E-state index contributed by atoms with van der Waals surface area (Å²) in [5, 5.41) is 0. The van der Waals surface area contributed by atoms with Gasteiger partial charge in [0, 0.05) is 5.69 Å². The third-order valence-electron chi connectivity index (χ3n) is 1.87. The van der Waals surface area contributed by atoms with E-state index in [-0.39, 0.29) is 24.5 Å². The molecule has 0 atom stereocenters. The van der Waals surface area contributed by atoms with Crippen molar-refractivity contribution < 1.29 is 19.1 Å². The Labute approximate surface area is 98.5 Å². The van der Waals surface area contributed by atoms with E-state index in [0.717, 1.165) is 0 Å². The molecule has 4 N–H and O–H groups in total. The molecule has 0 fully saturated rings. The standard InChI is InChI=1S/C11H14N2O4/c1-2-16-11(15)8-5-7(12)3-4-9(8)17-6-10(13)14/h3-5H,2,6,12H2,1H3,(H2,13,14). The number of carbonyl (C=O) groups excluding carboxylic acids is 2. The first-order valence-electron chi connectivity index (χ1n) is 5.02. The lowest BCUT2D eigenvalue weighted by molar-refractivity contribution is -0.119. The SMILES string of the molecule is CCOC(=O)c1cc(N)ccc1OCC(N)=O. The topological polar surface area (TPSA) is 105 Å². The Balaban J connectivity index is 2.95. The number of carbonyl (C=O) groups is 2. The van der Waals surface area contributed by atoms with Crippen molar-refractivity contribution in [2.45, 2.75) is 6.92 Å². The highest BCUT2D eigenvalue weighted by Gasteiger charge is 2.14. The summed E-state index contributed by atoms with van der Waals surface area (Å²) >= 11 is 0. The van der Waals surface area contributed by atoms with Gasteiger partial charge in [-0.05, 0) is 25.1 Å². The first kappa shape index (κ1) is 12.8. The number of amides is 1. The fourth-order valence-corrected chi connectivity index (χ4v) is 1.19. The van der Waals surface area contributed by atoms with Crippen LogP contribution in [0.4, 0.5) is 5.69 Å². The zero-order chi connectivity index (χ0) is 12.8. The molecule has 0 unspecified atom stereocenters. The van der Waals surface area contributed by atoms with E-state index in [2.05, 4.69) is 0 Å². The van der Waals surface area contributed by atoms with Crippen molar-refractivity contribution in [1.29, 1.82) is 0 Å². The van der Waals surface area contributed by atoms with Crippen LogP contribution in [0, 0.1) is 0 Å². The first-order valence-corrected chi connectivity index (χ1v) is 5.02. The lowest BCUT2D eigenvalue weighted by Crippen LogP contribution is -2.21. The molecule has 6 nitrogen and oxygen atoms in total. The van der Waals surface area contributed by atoms with Crippen molar-refractivity contribution in [2.24, 2.45) is 5.73 Å². The average molecular weight is 238 g/mol. The van der Waals surface area contributed by atoms with Crippen molar-refractivity contribution in [2.75, 3.05) is 18.9 Å². The molecule has 0 spiro atoms. The predicted octanol–water partition coefficient (Wildman–Crippen LogP) is 0.310. The number of ether oxygens (including phenoxy) is 2. The van der Waals surface area contributed by atoms with Gasteiger partial charge in [0.05, 0.1) is 6.61 Å². The largest absolute Gasteiger partial charge is 0.483 e. The maximum absolute atomic E-state index is 11.6. The third-order valence-corrected chi connectivity index (χ3v) is 1.87. The Morgan fingerprint density at radius 3 is 2.65 bits per heavy atom. The number of esters is 1. The van der Waals surface area contributed by atoms with Crippen molar-refractivity contribution in [1.82, 2.24) is 0 Å². The quantitative estimate of drug-likeness (QED) is 0.567. The molecular weight excluding hydrogens is 224 g/mol. The van der Waals surface area contributed by atoms with E-state index in [9.17, 15) is 9.59 Å². The minimum atomic E-state index is -0.628. The van der Waals surface area contributed by atoms with Crippen LogP contribution >= 0.6 is 0 Å². The van der Waals surface area contributed by atoms with Crippen LogP contribution in [-0.2, 0) is 9.53 Å². The molecule has 0 aliphatic rings. The number of benzene rings is 1. The Morgan fingerprint density at radius 1 is 1.35 bits per heavy atom. The van der Waals surface area contributed by atoms with Crippen molar-refractivity contribution >= 4 is 17.6 Å². The second-order valence-electron chi connectivity index (χ2n) is 3.23. The first-order chi connectivity index (χ1) is 8.04. The minimum absolute atomic E-state index is 0.174. The lowest BCUT2D eigenvalue weighted by Gasteiger charge is -2.10. The van der Waals surface area contributed by atoms with Crippen LogP contribution in [0.2, 0.25) is 0 Å². The van der Waals surface area contributed by atoms with Gasteiger partial charge in [-0.2, -0.15) is 0 Å². The number of hydrogen-bond acceptors (Lipinski definition) is 5. The van der Waals surface area contributed by atoms with E-state index >= 15 is 0 Å². The normalized spacial score (nSPS) is 9.71. The second kappa shape index (κ2) is 5.74. The summed E-state index contributed by atoms with van der Waals surface area (Å²) in [6, 6.07) is 4.47. The summed E-state index contributed by atoms with van der Waals surface area (Å²) in [7, 11) is 0. The van der Waals surface area contributed by atoms with E-state index in [4.69, 9.17) is 20.9 Å². The molecule has 0 aromatic heterocycles. The number of hydrogen-bond donors (Lipinski definition) is 2. The summed E-state index contributed by atoms with van der Waals surface area (Å²) < 4.78 is 9.93. The van der Waals surface area contributed by atoms with Gasteiger partial charge in [0.15, 0.2) is 6.61 Å². The smallest absolute Gasteiger partial charge is 0.341 e. The minimum Gasteiger partial charge on any atom is -0.483 e. The van der Waals surface area contributed by atoms with Crippen molar-refractivity contribution in [3.63, 3.8) is 0 Å². The van der Waals surface area contributed by atoms with Gasteiger partial charge in [0.2, 0.25) is 0 Å². The van der Waals surface area contributed by atoms with Gasteiger partial charge >= 0.3 is 5.97 Å². The molecule has 6 heteroatoms. The number of primary amides is 1. The van der Waals surface area contributed by atoms with Crippen LogP contribution < -0.4 is 16.2 Å². The van der Waals surface area contributed by atoms with Crippen molar-refractivity contribution in [3.8, 4) is 5.75 Å². The molecule has 0 aliphatic heterocycles. The summed E-state index contributed by atoms with van der Waals surface area (Å²) in [5.74, 6) is -0.965. The lowest BCUT2D eigenvalue weighted by atomic mass is 10.2. The molecular formula is C11H14N2O4. The Hall–Kier alpha value is -2.24. The molecule has 0 saturated heterocycles. The van der Waals surface area contributed by atoms with Gasteiger partial charge in [-0.3, -0.25) is 4.79 Å². The highest BCUT2D eigenvalue weighted by atomic mass is 16.5. The molecule has 1 amide bonds. The van der Waals surface area contributed by atoms with E-state index in [1.165, 1.54) is 12.1 Å². The highest BCUT2D eigenvalue weighted by Crippen LogP contribution is 2.22. The fourth-order valence-electron chi connectivity index (χ4n) is 1.19. The summed E-state index contributed by atoms with van der Waals surface area (Å²) in [5.41, 5.74) is 11.1. The zero-order valence-corrected chi connectivity index (χ0v) is 9.43. The van der Waals surface area contributed by atoms with Crippen LogP contribution in [0.3, 0.4) is 0 Å². The van der Waals surface area contributed by atoms with Crippen LogP contribution in [0.15, 0.2) is 18.2 Å². The molecule has 92 valence electrons. The number of rotatable bonds is 5. The molecule has 0 saturated carbocycles. The molecule has 1 aromatic rings. The van der Waals surface area contributed by atoms with E-state index in [1.807, 2.05) is 0 Å². The van der Waals surface area contributed by atoms with Gasteiger partial charge in [-0.25, -0.2) is 4.79 Å². The second-order valence-corrected chi connectivity index (χ2v) is 3.23. The Bertz CT molecular complexity index is 431. The molecule has 0 bridgehead atoms. The average Bonchev–Trinajstić information content (AvgIpc) is 2.27. The van der Waals surface area contributed by atoms with Crippen molar-refractivity contribution in [3.05, 3.63) is 23.8 Å². The molecule has 17 heavy (non-hydrogen) atoms. The fraction of sp³-hybridized carbons (Fsp3) is 0.273. The van der Waals surface area contributed by atoms with E-state index in [0.29, 0.717) is 5.69 Å². The molecule has 0 aliphatic carbocycles. The predicted molar refractivity (Wildman–Crippen MR) is 61.5 cm³/mol. The van der Waals surface area contributed by atoms with E-state index < -0.39 is 11.9 Å². The summed E-state index contributed by atoms with van der Waals surface area (Å²) in [6.07, 6.45) is 0. The Morgan fingerprint density at radius 2 is 2.06 bits per heavy atom. The van der Waals surface area contributed by atoms with Gasteiger partial charge in [-0.15, -0.1) is 0 Å². The highest BCUT2D eigenvalue weighted by molar-refractivity contribution is 5.93. The molecule has 1 rings (SSSR count). The van der Waals surface area contributed by atoms with Gasteiger partial charge < -0.3 is 20.9 Å². The number of nitrogen functional groups attached to an aromatic ring is 1. The van der Waals surface area contributed by atoms with E-state index in [1.54, 1.807) is 13.0 Å². The van der Waals surface area contributed by atoms with Gasteiger partial charge in [-0.1, -0.05) is 0 Å². The van der Waals surface area contributed by atoms with Gasteiger partial charge in [0.25, 0.3) is 5.91 Å². The third kappa shape index (κ3) is 3.67. The molecule has 1 aromatic carbocycles. The van der Waals surface area contributed by atoms with Crippen LogP contribution in [-0.4, -0.2) is 25.1 Å². The number of nitrogens with two attached hydrogens (primary N) is 2. The van der Waals surface area contributed by atoms with Crippen LogP contribution in [0.5, 0.6) is 5.75 Å². The summed E-state index contributed by atoms with van der Waals surface area (Å²) in [6.45, 7) is 1.62. The van der Waals surface area contributed by atoms with Crippen LogP contribution in [0.1, 0.15) is 17.3 Å². The monoisotopic (exact) mass is 238 g/mol.